The van der Waals surface area contributed by atoms with Crippen molar-refractivity contribution in [3.63, 3.8) is 0 Å². The van der Waals surface area contributed by atoms with Crippen LogP contribution in [0.1, 0.15) is 33.1 Å². The monoisotopic (exact) mass is 278 g/mol. The summed E-state index contributed by atoms with van der Waals surface area (Å²) >= 11 is 0. The van der Waals surface area contributed by atoms with Gasteiger partial charge in [-0.2, -0.15) is 13.2 Å². The summed E-state index contributed by atoms with van der Waals surface area (Å²) in [6, 6.07) is 0. The van der Waals surface area contributed by atoms with E-state index in [-0.39, 0.29) is 19.1 Å². The average Bonchev–Trinajstić information content (AvgIpc) is 2.89. The van der Waals surface area contributed by atoms with Gasteiger partial charge >= 0.3 is 6.18 Å². The van der Waals surface area contributed by atoms with Crippen molar-refractivity contribution in [1.29, 1.82) is 0 Å². The molecule has 19 heavy (non-hydrogen) atoms. The molecule has 0 amide bonds. The molecule has 0 radical (unpaired) electrons. The summed E-state index contributed by atoms with van der Waals surface area (Å²) in [5.74, 6) is 0.838. The molecule has 0 aromatic rings. The first-order valence-corrected chi connectivity index (χ1v) is 6.82. The van der Waals surface area contributed by atoms with E-state index in [1.807, 2.05) is 0 Å². The van der Waals surface area contributed by atoms with Crippen LogP contribution in [0.5, 0.6) is 0 Å². The van der Waals surface area contributed by atoms with Crippen molar-refractivity contribution in [2.24, 2.45) is 17.8 Å². The van der Waals surface area contributed by atoms with Crippen LogP contribution < -0.4 is 0 Å². The summed E-state index contributed by atoms with van der Waals surface area (Å²) in [5.41, 5.74) is -2.11. The van der Waals surface area contributed by atoms with E-state index in [9.17, 15) is 13.2 Å². The Hall–Kier alpha value is -0.550. The Morgan fingerprint density at radius 3 is 2.42 bits per heavy atom. The third-order valence-electron chi connectivity index (χ3n) is 4.33. The van der Waals surface area contributed by atoms with Gasteiger partial charge in [-0.3, -0.25) is 0 Å². The highest BCUT2D eigenvalue weighted by atomic mass is 19.4. The fourth-order valence-electron chi connectivity index (χ4n) is 3.14. The molecule has 0 saturated heterocycles. The molecule has 0 spiro atoms. The van der Waals surface area contributed by atoms with Crippen LogP contribution in [-0.2, 0) is 9.47 Å². The first-order valence-electron chi connectivity index (χ1n) is 6.82. The highest BCUT2D eigenvalue weighted by Gasteiger charge is 2.55. The fourth-order valence-corrected chi connectivity index (χ4v) is 3.14. The minimum Gasteiger partial charge on any atom is -0.356 e. The topological polar surface area (TPSA) is 18.5 Å². The second kappa shape index (κ2) is 5.44. The number of hydrogen-bond donors (Lipinski definition) is 0. The van der Waals surface area contributed by atoms with E-state index < -0.39 is 11.8 Å². The van der Waals surface area contributed by atoms with Crippen molar-refractivity contribution in [1.82, 2.24) is 0 Å². The molecule has 0 aromatic carbocycles. The predicted molar refractivity (Wildman–Crippen MR) is 65.5 cm³/mol. The number of ether oxygens (including phenoxy) is 2. The molecular weight excluding hydrogens is 257 g/mol. The van der Waals surface area contributed by atoms with Crippen LogP contribution in [0.25, 0.3) is 0 Å². The van der Waals surface area contributed by atoms with Gasteiger partial charge in [0.25, 0.3) is 0 Å². The summed E-state index contributed by atoms with van der Waals surface area (Å²) in [5, 5.41) is 0. The number of halogens is 3. The minimum atomic E-state index is -4.37. The maximum atomic E-state index is 13.2. The van der Waals surface area contributed by atoms with Crippen molar-refractivity contribution in [2.45, 2.75) is 44.9 Å². The molecule has 1 saturated carbocycles. The molecule has 1 fully saturated rings. The van der Waals surface area contributed by atoms with Gasteiger partial charge in [0.1, 0.15) is 6.79 Å². The van der Waals surface area contributed by atoms with Gasteiger partial charge in [-0.05, 0) is 50.9 Å². The molecule has 0 aliphatic heterocycles. The van der Waals surface area contributed by atoms with Gasteiger partial charge in [0.2, 0.25) is 0 Å². The van der Waals surface area contributed by atoms with Crippen molar-refractivity contribution < 1.29 is 22.6 Å². The quantitative estimate of drug-likeness (QED) is 0.416. The van der Waals surface area contributed by atoms with E-state index in [4.69, 9.17) is 9.47 Å². The highest BCUT2D eigenvalue weighted by molar-refractivity contribution is 5.11. The van der Waals surface area contributed by atoms with Crippen LogP contribution in [0.2, 0.25) is 0 Å². The van der Waals surface area contributed by atoms with Gasteiger partial charge in [0, 0.05) is 6.61 Å². The lowest BCUT2D eigenvalue weighted by atomic mass is 9.83. The lowest BCUT2D eigenvalue weighted by Gasteiger charge is -2.35. The van der Waals surface area contributed by atoms with E-state index >= 15 is 0 Å². The average molecular weight is 278 g/mol. The highest BCUT2D eigenvalue weighted by Crippen LogP contribution is 2.49. The van der Waals surface area contributed by atoms with Crippen LogP contribution in [0.15, 0.2) is 12.2 Å². The van der Waals surface area contributed by atoms with E-state index in [1.165, 1.54) is 0 Å². The Bertz CT molecular complexity index is 340. The van der Waals surface area contributed by atoms with Crippen LogP contribution in [-0.4, -0.2) is 25.2 Å². The predicted octanol–water partition coefficient (Wildman–Crippen LogP) is 3.92. The smallest absolute Gasteiger partial charge is 0.356 e. The number of hydrogen-bond acceptors (Lipinski definition) is 2. The lowest BCUT2D eigenvalue weighted by Crippen LogP contribution is -2.47. The fraction of sp³-hybridized carbons (Fsp3) is 0.857. The molecule has 0 N–H and O–H groups in total. The minimum absolute atomic E-state index is 0.0229. The molecule has 4 atom stereocenters. The molecule has 2 nitrogen and oxygen atoms in total. The second-order valence-electron chi connectivity index (χ2n) is 5.73. The summed E-state index contributed by atoms with van der Waals surface area (Å²) in [4.78, 5) is 0. The zero-order chi connectivity index (χ0) is 14.1. The van der Waals surface area contributed by atoms with Gasteiger partial charge in [-0.25, -0.2) is 0 Å². The lowest BCUT2D eigenvalue weighted by molar-refractivity contribution is -0.297. The van der Waals surface area contributed by atoms with Gasteiger partial charge in [0.05, 0.1) is 0 Å². The van der Waals surface area contributed by atoms with Crippen LogP contribution >= 0.6 is 0 Å². The Morgan fingerprint density at radius 1 is 1.21 bits per heavy atom. The third kappa shape index (κ3) is 3.14. The first kappa shape index (κ1) is 14.9. The number of allylic oxidation sites excluding steroid dienone is 2. The zero-order valence-electron chi connectivity index (χ0n) is 11.4. The number of alkyl halides is 3. The molecule has 2 aliphatic rings. The van der Waals surface area contributed by atoms with Gasteiger partial charge in [-0.1, -0.05) is 12.2 Å². The van der Waals surface area contributed by atoms with Crippen LogP contribution in [0.3, 0.4) is 0 Å². The summed E-state index contributed by atoms with van der Waals surface area (Å²) in [6.45, 7) is 2.92. The molecule has 110 valence electrons. The van der Waals surface area contributed by atoms with Gasteiger partial charge in [0.15, 0.2) is 5.60 Å². The van der Waals surface area contributed by atoms with E-state index in [0.717, 1.165) is 19.8 Å². The Morgan fingerprint density at radius 2 is 1.95 bits per heavy atom. The molecule has 5 heteroatoms. The van der Waals surface area contributed by atoms with Crippen molar-refractivity contribution in [3.05, 3.63) is 12.2 Å². The number of rotatable bonds is 6. The summed E-state index contributed by atoms with van der Waals surface area (Å²) in [7, 11) is 0. The van der Waals surface area contributed by atoms with Crippen LogP contribution in [0, 0.1) is 17.8 Å². The standard InChI is InChI=1S/C14H21F3O2/c1-3-18-9-19-13(2,14(15,16)17)8-12-7-10-4-5-11(12)6-10/h4-5,10-12H,3,6-9H2,1-2H3. The normalized spacial score (nSPS) is 32.8. The largest absolute Gasteiger partial charge is 0.417 e. The van der Waals surface area contributed by atoms with E-state index in [1.54, 1.807) is 6.92 Å². The molecule has 2 bridgehead atoms. The zero-order valence-corrected chi connectivity index (χ0v) is 11.4. The Kier molecular flexibility index (Phi) is 4.26. The van der Waals surface area contributed by atoms with Crippen molar-refractivity contribution >= 4 is 0 Å². The molecule has 2 rings (SSSR count). The van der Waals surface area contributed by atoms with Crippen molar-refractivity contribution in [3.8, 4) is 0 Å². The molecule has 4 unspecified atom stereocenters. The molecule has 0 heterocycles. The van der Waals surface area contributed by atoms with Gasteiger partial charge in [-0.15, -0.1) is 0 Å². The van der Waals surface area contributed by atoms with Gasteiger partial charge < -0.3 is 9.47 Å². The van der Waals surface area contributed by atoms with Crippen molar-refractivity contribution in [2.75, 3.05) is 13.4 Å². The molecule has 2 aliphatic carbocycles. The number of fused-ring (bicyclic) bond motifs is 2. The second-order valence-corrected chi connectivity index (χ2v) is 5.73. The maximum absolute atomic E-state index is 13.2. The van der Waals surface area contributed by atoms with E-state index in [2.05, 4.69) is 12.2 Å². The summed E-state index contributed by atoms with van der Waals surface area (Å²) < 4.78 is 49.6. The summed E-state index contributed by atoms with van der Waals surface area (Å²) in [6.07, 6.45) is 1.71. The SMILES string of the molecule is CCOCOC(C)(CC1CC2C=CC1C2)C(F)(F)F. The first-order chi connectivity index (χ1) is 8.86. The maximum Gasteiger partial charge on any atom is 0.417 e. The molecule has 0 aromatic heterocycles. The Labute approximate surface area is 112 Å². The van der Waals surface area contributed by atoms with Crippen LogP contribution in [0.4, 0.5) is 13.2 Å². The molecular formula is C14H21F3O2. The van der Waals surface area contributed by atoms with E-state index in [0.29, 0.717) is 18.4 Å². The third-order valence-corrected chi connectivity index (χ3v) is 4.33. The Balaban J connectivity index is 1.99.